The second-order valence-corrected chi connectivity index (χ2v) is 5.44. The number of nitrogens with two attached hydrogens (primary N) is 1. The zero-order valence-corrected chi connectivity index (χ0v) is 9.35. The van der Waals surface area contributed by atoms with Gasteiger partial charge in [-0.25, -0.2) is 5.84 Å². The topological polar surface area (TPSA) is 50.4 Å². The summed E-state index contributed by atoms with van der Waals surface area (Å²) in [5.74, 6) is 9.94. The molecule has 0 bridgehead atoms. The summed E-state index contributed by atoms with van der Waals surface area (Å²) in [5, 5.41) is 0. The maximum Gasteiger partial charge on any atom is 0.111 e. The molecule has 2 fully saturated rings. The van der Waals surface area contributed by atoms with Gasteiger partial charge in [-0.2, -0.15) is 11.8 Å². The fourth-order valence-corrected chi connectivity index (χ4v) is 3.00. The van der Waals surface area contributed by atoms with Gasteiger partial charge in [0.1, 0.15) is 5.84 Å². The average molecular weight is 213 g/mol. The van der Waals surface area contributed by atoms with Crippen molar-refractivity contribution in [2.75, 3.05) is 11.5 Å². The molecule has 0 amide bonds. The van der Waals surface area contributed by atoms with Crippen molar-refractivity contribution in [1.82, 2.24) is 5.43 Å². The van der Waals surface area contributed by atoms with E-state index in [1.165, 1.54) is 37.2 Å². The van der Waals surface area contributed by atoms with Crippen LogP contribution in [0, 0.1) is 5.92 Å². The smallest absolute Gasteiger partial charge is 0.111 e. The van der Waals surface area contributed by atoms with Crippen LogP contribution in [0.2, 0.25) is 0 Å². The van der Waals surface area contributed by atoms with Gasteiger partial charge in [-0.1, -0.05) is 0 Å². The maximum absolute atomic E-state index is 5.48. The van der Waals surface area contributed by atoms with Crippen LogP contribution in [-0.2, 0) is 0 Å². The first-order chi connectivity index (χ1) is 6.88. The third-order valence-corrected chi connectivity index (χ3v) is 3.92. The molecule has 0 atom stereocenters. The van der Waals surface area contributed by atoms with Crippen molar-refractivity contribution >= 4 is 17.6 Å². The van der Waals surface area contributed by atoms with E-state index in [0.717, 1.165) is 18.2 Å². The fraction of sp³-hybridized carbons (Fsp3) is 0.900. The molecule has 0 unspecified atom stereocenters. The van der Waals surface area contributed by atoms with Crippen LogP contribution in [0.5, 0.6) is 0 Å². The largest absolute Gasteiger partial charge is 0.312 e. The minimum Gasteiger partial charge on any atom is -0.312 e. The summed E-state index contributed by atoms with van der Waals surface area (Å²) in [6.45, 7) is 0. The number of thioether (sulfide) groups is 1. The van der Waals surface area contributed by atoms with Gasteiger partial charge in [0.2, 0.25) is 0 Å². The Morgan fingerprint density at radius 3 is 2.57 bits per heavy atom. The highest BCUT2D eigenvalue weighted by atomic mass is 32.2. The lowest BCUT2D eigenvalue weighted by Gasteiger charge is -2.21. The zero-order valence-electron chi connectivity index (χ0n) is 8.54. The summed E-state index contributed by atoms with van der Waals surface area (Å²) in [7, 11) is 0. The molecule has 1 aliphatic carbocycles. The molecule has 0 radical (unpaired) electrons. The minimum atomic E-state index is 0.582. The van der Waals surface area contributed by atoms with E-state index in [2.05, 4.69) is 22.2 Å². The Morgan fingerprint density at radius 1 is 1.29 bits per heavy atom. The number of nitrogens with zero attached hydrogens (tertiary/aromatic N) is 1. The second-order valence-electron chi connectivity index (χ2n) is 4.21. The lowest BCUT2D eigenvalue weighted by Crippen LogP contribution is -2.33. The van der Waals surface area contributed by atoms with Gasteiger partial charge in [-0.15, -0.1) is 0 Å². The highest BCUT2D eigenvalue weighted by Gasteiger charge is 2.22. The Bertz CT molecular complexity index is 207. The SMILES string of the molecule is NNC(CC1CCSCC1)=NC1CC1. The van der Waals surface area contributed by atoms with Crippen LogP contribution in [0.25, 0.3) is 0 Å². The molecule has 3 N–H and O–H groups in total. The van der Waals surface area contributed by atoms with Gasteiger partial charge in [-0.3, -0.25) is 4.99 Å². The number of nitrogens with one attached hydrogen (secondary N) is 1. The number of hydrazine groups is 1. The number of hydrogen-bond donors (Lipinski definition) is 2. The minimum absolute atomic E-state index is 0.582. The van der Waals surface area contributed by atoms with E-state index in [1.807, 2.05) is 0 Å². The summed E-state index contributed by atoms with van der Waals surface area (Å²) >= 11 is 2.07. The number of amidine groups is 1. The van der Waals surface area contributed by atoms with Crippen LogP contribution in [0.3, 0.4) is 0 Å². The molecule has 1 heterocycles. The Balaban J connectivity index is 1.80. The molecule has 1 saturated heterocycles. The van der Waals surface area contributed by atoms with Crippen LogP contribution in [0.15, 0.2) is 4.99 Å². The first-order valence-corrected chi connectivity index (χ1v) is 6.65. The Morgan fingerprint density at radius 2 is 2.00 bits per heavy atom. The van der Waals surface area contributed by atoms with E-state index >= 15 is 0 Å². The predicted molar refractivity (Wildman–Crippen MR) is 62.4 cm³/mol. The van der Waals surface area contributed by atoms with Gasteiger partial charge in [-0.05, 0) is 43.1 Å². The van der Waals surface area contributed by atoms with Crippen molar-refractivity contribution in [3.05, 3.63) is 0 Å². The van der Waals surface area contributed by atoms with Crippen molar-refractivity contribution in [1.29, 1.82) is 0 Å². The quantitative estimate of drug-likeness (QED) is 0.324. The molecule has 80 valence electrons. The molecule has 0 aromatic rings. The lowest BCUT2D eigenvalue weighted by molar-refractivity contribution is 0.503. The molecular weight excluding hydrogens is 194 g/mol. The van der Waals surface area contributed by atoms with Crippen molar-refractivity contribution < 1.29 is 0 Å². The van der Waals surface area contributed by atoms with Crippen LogP contribution in [-0.4, -0.2) is 23.4 Å². The number of aliphatic imine (C=N–C) groups is 1. The second kappa shape index (κ2) is 5.03. The molecule has 1 saturated carbocycles. The van der Waals surface area contributed by atoms with E-state index in [1.54, 1.807) is 0 Å². The highest BCUT2D eigenvalue weighted by molar-refractivity contribution is 7.99. The van der Waals surface area contributed by atoms with Gasteiger partial charge in [0, 0.05) is 6.42 Å². The Labute approximate surface area is 89.9 Å². The van der Waals surface area contributed by atoms with E-state index < -0.39 is 0 Å². The van der Waals surface area contributed by atoms with E-state index in [0.29, 0.717) is 6.04 Å². The summed E-state index contributed by atoms with van der Waals surface area (Å²) < 4.78 is 0. The predicted octanol–water partition coefficient (Wildman–Crippen LogP) is 1.54. The molecule has 3 nitrogen and oxygen atoms in total. The first-order valence-electron chi connectivity index (χ1n) is 5.49. The molecule has 14 heavy (non-hydrogen) atoms. The Kier molecular flexibility index (Phi) is 3.70. The van der Waals surface area contributed by atoms with Gasteiger partial charge in [0.05, 0.1) is 6.04 Å². The van der Waals surface area contributed by atoms with E-state index in [-0.39, 0.29) is 0 Å². The molecular formula is C10H19N3S. The molecule has 0 spiro atoms. The van der Waals surface area contributed by atoms with E-state index in [4.69, 9.17) is 5.84 Å². The third-order valence-electron chi connectivity index (χ3n) is 2.87. The molecule has 1 aliphatic heterocycles. The highest BCUT2D eigenvalue weighted by Crippen LogP contribution is 2.27. The third kappa shape index (κ3) is 3.17. The zero-order chi connectivity index (χ0) is 9.80. The summed E-state index contributed by atoms with van der Waals surface area (Å²) in [6.07, 6.45) is 6.23. The summed E-state index contributed by atoms with van der Waals surface area (Å²) in [5.41, 5.74) is 2.76. The van der Waals surface area contributed by atoms with Crippen LogP contribution in [0.1, 0.15) is 32.1 Å². The summed E-state index contributed by atoms with van der Waals surface area (Å²) in [4.78, 5) is 4.57. The number of rotatable bonds is 3. The first kappa shape index (κ1) is 10.3. The monoisotopic (exact) mass is 213 g/mol. The van der Waals surface area contributed by atoms with Crippen molar-refractivity contribution in [2.24, 2.45) is 16.8 Å². The number of hydrogen-bond acceptors (Lipinski definition) is 3. The van der Waals surface area contributed by atoms with Gasteiger partial charge >= 0.3 is 0 Å². The van der Waals surface area contributed by atoms with Crippen molar-refractivity contribution in [3.63, 3.8) is 0 Å². The Hall–Kier alpha value is -0.220. The molecule has 2 aliphatic rings. The normalized spacial score (nSPS) is 25.1. The van der Waals surface area contributed by atoms with Gasteiger partial charge < -0.3 is 5.43 Å². The molecule has 0 aromatic heterocycles. The van der Waals surface area contributed by atoms with Crippen LogP contribution in [0.4, 0.5) is 0 Å². The average Bonchev–Trinajstić information content (AvgIpc) is 3.02. The van der Waals surface area contributed by atoms with Gasteiger partial charge in [0.15, 0.2) is 0 Å². The maximum atomic E-state index is 5.48. The summed E-state index contributed by atoms with van der Waals surface area (Å²) in [6, 6.07) is 0.582. The van der Waals surface area contributed by atoms with Crippen LogP contribution < -0.4 is 11.3 Å². The molecule has 4 heteroatoms. The standard InChI is InChI=1S/C10H19N3S/c11-13-10(12-9-1-2-9)7-8-3-5-14-6-4-8/h8-9H,1-7,11H2,(H,12,13). The van der Waals surface area contributed by atoms with Crippen molar-refractivity contribution in [3.8, 4) is 0 Å². The lowest BCUT2D eigenvalue weighted by atomic mass is 9.98. The van der Waals surface area contributed by atoms with Gasteiger partial charge in [0.25, 0.3) is 0 Å². The molecule has 0 aromatic carbocycles. The van der Waals surface area contributed by atoms with Crippen LogP contribution >= 0.6 is 11.8 Å². The van der Waals surface area contributed by atoms with Crippen molar-refractivity contribution in [2.45, 2.75) is 38.1 Å². The fourth-order valence-electron chi connectivity index (χ4n) is 1.80. The molecule has 2 rings (SSSR count). The van der Waals surface area contributed by atoms with E-state index in [9.17, 15) is 0 Å².